The monoisotopic (exact) mass is 199 g/mol. The number of aromatic amines is 1. The van der Waals surface area contributed by atoms with Crippen molar-refractivity contribution in [3.8, 4) is 0 Å². The Labute approximate surface area is 90.8 Å². The van der Waals surface area contributed by atoms with Gasteiger partial charge in [-0.2, -0.15) is 0 Å². The van der Waals surface area contributed by atoms with Crippen LogP contribution in [0.4, 0.5) is 0 Å². The van der Waals surface area contributed by atoms with Gasteiger partial charge in [0.15, 0.2) is 0 Å². The largest absolute Gasteiger partial charge is 0.355 e. The van der Waals surface area contributed by atoms with Gasteiger partial charge in [0, 0.05) is 11.2 Å². The summed E-state index contributed by atoms with van der Waals surface area (Å²) in [5.41, 5.74) is 3.90. The quantitative estimate of drug-likeness (QED) is 0.755. The molecule has 1 N–H and O–H groups in total. The summed E-state index contributed by atoms with van der Waals surface area (Å²) < 4.78 is 0. The molecule has 1 heterocycles. The molecule has 0 radical (unpaired) electrons. The lowest BCUT2D eigenvalue weighted by Gasteiger charge is -1.99. The number of nitrogens with one attached hydrogen (secondary N) is 1. The van der Waals surface area contributed by atoms with Gasteiger partial charge in [0.25, 0.3) is 0 Å². The summed E-state index contributed by atoms with van der Waals surface area (Å²) in [5.74, 6) is 0. The molecule has 0 atom stereocenters. The first kappa shape index (κ1) is 10.0. The minimum absolute atomic E-state index is 1.08. The molecule has 0 unspecified atom stereocenters. The Morgan fingerprint density at radius 1 is 1.27 bits per heavy atom. The normalized spacial score (nSPS) is 12.3. The molecule has 1 nitrogen and oxygen atoms in total. The van der Waals surface area contributed by atoms with Crippen LogP contribution in [0.25, 0.3) is 16.5 Å². The van der Waals surface area contributed by atoms with Gasteiger partial charge < -0.3 is 4.98 Å². The van der Waals surface area contributed by atoms with Crippen LogP contribution in [-0.2, 0) is 0 Å². The summed E-state index contributed by atoms with van der Waals surface area (Å²) in [7, 11) is 0. The van der Waals surface area contributed by atoms with Crippen LogP contribution in [-0.4, -0.2) is 4.98 Å². The number of fused-ring (bicyclic) bond motifs is 1. The first-order valence-corrected chi connectivity index (χ1v) is 5.62. The summed E-state index contributed by atoms with van der Waals surface area (Å²) in [6, 6.07) is 10.7. The maximum Gasteiger partial charge on any atom is 0.0458 e. The van der Waals surface area contributed by atoms with Crippen molar-refractivity contribution < 1.29 is 0 Å². The summed E-state index contributed by atoms with van der Waals surface area (Å²) in [6.07, 6.45) is 4.48. The summed E-state index contributed by atoms with van der Waals surface area (Å²) in [5, 5.41) is 1.29. The number of aromatic nitrogens is 1. The van der Waals surface area contributed by atoms with Gasteiger partial charge in [0.05, 0.1) is 0 Å². The van der Waals surface area contributed by atoms with Crippen LogP contribution in [0, 0.1) is 0 Å². The number of allylic oxidation sites excluding steroid dienone is 2. The van der Waals surface area contributed by atoms with Crippen molar-refractivity contribution in [3.05, 3.63) is 42.1 Å². The molecule has 0 aliphatic heterocycles. The van der Waals surface area contributed by atoms with E-state index in [4.69, 9.17) is 0 Å². The Bertz CT molecular complexity index is 444. The van der Waals surface area contributed by atoms with Gasteiger partial charge in [-0.3, -0.25) is 0 Å². The molecule has 1 heteroatoms. The number of benzene rings is 1. The highest BCUT2D eigenvalue weighted by Gasteiger charge is 2.02. The molecule has 15 heavy (non-hydrogen) atoms. The van der Waals surface area contributed by atoms with Crippen LogP contribution < -0.4 is 0 Å². The first-order valence-electron chi connectivity index (χ1n) is 5.62. The standard InChI is InChI=1S/C14H17N/c1-3-7-11(4-2)14-10-12-8-5-6-9-13(12)15-14/h5-10,15H,3-4H2,1-2H3. The molecule has 2 aromatic rings. The Morgan fingerprint density at radius 3 is 2.73 bits per heavy atom. The third-order valence-corrected chi connectivity index (χ3v) is 2.71. The second kappa shape index (κ2) is 4.35. The minimum atomic E-state index is 1.08. The predicted octanol–water partition coefficient (Wildman–Crippen LogP) is 4.37. The third-order valence-electron chi connectivity index (χ3n) is 2.71. The maximum absolute atomic E-state index is 3.46. The predicted molar refractivity (Wildman–Crippen MR) is 66.9 cm³/mol. The van der Waals surface area contributed by atoms with Crippen molar-refractivity contribution in [2.75, 3.05) is 0 Å². The Hall–Kier alpha value is -1.50. The summed E-state index contributed by atoms with van der Waals surface area (Å²) in [4.78, 5) is 3.46. The molecule has 0 saturated carbocycles. The number of H-pyrrole nitrogens is 1. The van der Waals surface area contributed by atoms with Gasteiger partial charge in [0.1, 0.15) is 0 Å². The van der Waals surface area contributed by atoms with E-state index < -0.39 is 0 Å². The molecular formula is C14H17N. The molecule has 0 amide bonds. The van der Waals surface area contributed by atoms with Crippen LogP contribution in [0.1, 0.15) is 32.4 Å². The van der Waals surface area contributed by atoms with Gasteiger partial charge in [-0.05, 0) is 35.9 Å². The molecule has 0 saturated heterocycles. The molecular weight excluding hydrogens is 182 g/mol. The maximum atomic E-state index is 3.46. The molecule has 0 fully saturated rings. The van der Waals surface area contributed by atoms with E-state index >= 15 is 0 Å². The Morgan fingerprint density at radius 2 is 2.07 bits per heavy atom. The van der Waals surface area contributed by atoms with Crippen LogP contribution in [0.5, 0.6) is 0 Å². The lowest BCUT2D eigenvalue weighted by molar-refractivity contribution is 1.15. The van der Waals surface area contributed by atoms with Gasteiger partial charge >= 0.3 is 0 Å². The SMILES string of the molecule is CCC=C(CC)c1cc2ccccc2[nH]1. The number of hydrogen-bond donors (Lipinski definition) is 1. The van der Waals surface area contributed by atoms with E-state index in [1.807, 2.05) is 0 Å². The van der Waals surface area contributed by atoms with E-state index in [1.165, 1.54) is 22.2 Å². The highest BCUT2D eigenvalue weighted by Crippen LogP contribution is 2.22. The van der Waals surface area contributed by atoms with Gasteiger partial charge in [-0.25, -0.2) is 0 Å². The molecule has 2 rings (SSSR count). The molecule has 0 aliphatic rings. The molecule has 0 bridgehead atoms. The minimum Gasteiger partial charge on any atom is -0.355 e. The first-order chi connectivity index (χ1) is 7.35. The zero-order valence-corrected chi connectivity index (χ0v) is 9.38. The number of rotatable bonds is 3. The van der Waals surface area contributed by atoms with E-state index in [2.05, 4.69) is 55.2 Å². The topological polar surface area (TPSA) is 15.8 Å². The lowest BCUT2D eigenvalue weighted by Crippen LogP contribution is -1.81. The van der Waals surface area contributed by atoms with Crippen molar-refractivity contribution in [3.63, 3.8) is 0 Å². The number of hydrogen-bond acceptors (Lipinski definition) is 0. The van der Waals surface area contributed by atoms with E-state index in [0.717, 1.165) is 12.8 Å². The van der Waals surface area contributed by atoms with Crippen molar-refractivity contribution in [2.24, 2.45) is 0 Å². The zero-order chi connectivity index (χ0) is 10.7. The van der Waals surface area contributed by atoms with Crippen LogP contribution in [0.3, 0.4) is 0 Å². The zero-order valence-electron chi connectivity index (χ0n) is 9.38. The average Bonchev–Trinajstić information content (AvgIpc) is 2.69. The molecule has 1 aromatic carbocycles. The van der Waals surface area contributed by atoms with E-state index in [9.17, 15) is 0 Å². The summed E-state index contributed by atoms with van der Waals surface area (Å²) >= 11 is 0. The van der Waals surface area contributed by atoms with Crippen molar-refractivity contribution in [1.29, 1.82) is 0 Å². The molecule has 78 valence electrons. The van der Waals surface area contributed by atoms with Crippen LogP contribution in [0.15, 0.2) is 36.4 Å². The van der Waals surface area contributed by atoms with Gasteiger partial charge in [-0.1, -0.05) is 38.1 Å². The fourth-order valence-electron chi connectivity index (χ4n) is 1.94. The highest BCUT2D eigenvalue weighted by atomic mass is 14.7. The molecule has 0 spiro atoms. The highest BCUT2D eigenvalue weighted by molar-refractivity contribution is 5.84. The average molecular weight is 199 g/mol. The summed E-state index contributed by atoms with van der Waals surface area (Å²) in [6.45, 7) is 4.38. The van der Waals surface area contributed by atoms with E-state index in [1.54, 1.807) is 0 Å². The third kappa shape index (κ3) is 1.96. The second-order valence-electron chi connectivity index (χ2n) is 3.76. The van der Waals surface area contributed by atoms with Gasteiger partial charge in [-0.15, -0.1) is 0 Å². The fourth-order valence-corrected chi connectivity index (χ4v) is 1.94. The van der Waals surface area contributed by atoms with Crippen molar-refractivity contribution in [1.82, 2.24) is 4.98 Å². The van der Waals surface area contributed by atoms with E-state index in [-0.39, 0.29) is 0 Å². The van der Waals surface area contributed by atoms with Crippen LogP contribution >= 0.6 is 0 Å². The number of para-hydroxylation sites is 1. The van der Waals surface area contributed by atoms with E-state index in [0.29, 0.717) is 0 Å². The Balaban J connectivity index is 2.48. The Kier molecular flexibility index (Phi) is 2.91. The molecule has 1 aromatic heterocycles. The van der Waals surface area contributed by atoms with Crippen molar-refractivity contribution in [2.45, 2.75) is 26.7 Å². The second-order valence-corrected chi connectivity index (χ2v) is 3.76. The molecule has 0 aliphatic carbocycles. The van der Waals surface area contributed by atoms with Gasteiger partial charge in [0.2, 0.25) is 0 Å². The fraction of sp³-hybridized carbons (Fsp3) is 0.286. The van der Waals surface area contributed by atoms with Crippen LogP contribution in [0.2, 0.25) is 0 Å². The smallest absolute Gasteiger partial charge is 0.0458 e. The lowest BCUT2D eigenvalue weighted by atomic mass is 10.1. The van der Waals surface area contributed by atoms with Crippen molar-refractivity contribution >= 4 is 16.5 Å².